The molecule has 0 bridgehead atoms. The van der Waals surface area contributed by atoms with E-state index < -0.39 is 0 Å². The van der Waals surface area contributed by atoms with Crippen molar-refractivity contribution < 1.29 is 4.79 Å². The Morgan fingerprint density at radius 1 is 1.82 bits per heavy atom. The number of ketones is 1. The summed E-state index contributed by atoms with van der Waals surface area (Å²) < 4.78 is 3.85. The van der Waals surface area contributed by atoms with E-state index in [0.717, 1.165) is 12.1 Å². The first kappa shape index (κ1) is 8.36. The van der Waals surface area contributed by atoms with E-state index in [4.69, 9.17) is 0 Å². The van der Waals surface area contributed by atoms with Crippen LogP contribution in [0.4, 0.5) is 0 Å². The average molecular weight is 170 g/mol. The lowest BCUT2D eigenvalue weighted by Crippen LogP contribution is -2.12. The van der Waals surface area contributed by atoms with Crippen LogP contribution in [0.2, 0.25) is 0 Å². The van der Waals surface area contributed by atoms with Crippen molar-refractivity contribution >= 4 is 17.3 Å². The molecule has 0 unspecified atom stereocenters. The molecule has 0 fully saturated rings. The fourth-order valence-corrected chi connectivity index (χ4v) is 1.27. The summed E-state index contributed by atoms with van der Waals surface area (Å²) in [5.41, 5.74) is 0.727. The maximum absolute atomic E-state index is 11.2. The van der Waals surface area contributed by atoms with Gasteiger partial charge in [0.1, 0.15) is 0 Å². The summed E-state index contributed by atoms with van der Waals surface area (Å²) in [7, 11) is 1.83. The Morgan fingerprint density at radius 3 is 3.18 bits per heavy atom. The molecule has 1 heterocycles. The molecule has 1 rings (SSSR count). The van der Waals surface area contributed by atoms with E-state index >= 15 is 0 Å². The number of nitrogens with zero attached hydrogens (tertiary/aromatic N) is 1. The number of Topliss-reactive ketones (excluding diaryl/α,β-unsaturated/α-hetero) is 1. The van der Waals surface area contributed by atoms with E-state index in [-0.39, 0.29) is 5.78 Å². The van der Waals surface area contributed by atoms with Gasteiger partial charge in [0.05, 0.1) is 6.20 Å². The molecule has 0 aliphatic heterocycles. The van der Waals surface area contributed by atoms with Crippen LogP contribution in [0.15, 0.2) is 11.6 Å². The first-order chi connectivity index (χ1) is 5.34. The van der Waals surface area contributed by atoms with E-state index in [1.165, 1.54) is 11.5 Å². The Balaban J connectivity index is 2.43. The first-order valence-electron chi connectivity index (χ1n) is 3.42. The van der Waals surface area contributed by atoms with Crippen molar-refractivity contribution in [3.05, 3.63) is 17.1 Å². The average Bonchev–Trinajstić information content (AvgIpc) is 2.52. The van der Waals surface area contributed by atoms with E-state index in [0.29, 0.717) is 6.42 Å². The Kier molecular flexibility index (Phi) is 3.19. The molecule has 0 aliphatic carbocycles. The second-order valence-corrected chi connectivity index (χ2v) is 2.85. The molecule has 4 heteroatoms. The number of aromatic nitrogens is 1. The monoisotopic (exact) mass is 170 g/mol. The predicted octanol–water partition coefficient (Wildman–Crippen LogP) is 0.935. The molecule has 0 saturated carbocycles. The molecule has 0 atom stereocenters. The van der Waals surface area contributed by atoms with E-state index in [2.05, 4.69) is 9.69 Å². The van der Waals surface area contributed by atoms with Crippen LogP contribution in [0, 0.1) is 0 Å². The van der Waals surface area contributed by atoms with Crippen LogP contribution in [-0.4, -0.2) is 23.7 Å². The Bertz CT molecular complexity index is 220. The third kappa shape index (κ3) is 2.40. The minimum absolute atomic E-state index is 0.160. The highest BCUT2D eigenvalue weighted by molar-refractivity contribution is 7.03. The zero-order valence-corrected chi connectivity index (χ0v) is 7.15. The zero-order chi connectivity index (χ0) is 8.10. The standard InChI is InChI=1S/C7H10N2OS/c1-8-3-2-7(10)6-4-9-11-5-6/h4-5,8H,2-3H2,1H3. The lowest BCUT2D eigenvalue weighted by molar-refractivity contribution is 0.0983. The maximum atomic E-state index is 11.2. The van der Waals surface area contributed by atoms with Crippen molar-refractivity contribution in [1.82, 2.24) is 9.69 Å². The van der Waals surface area contributed by atoms with Crippen LogP contribution in [-0.2, 0) is 0 Å². The third-order valence-electron chi connectivity index (χ3n) is 1.36. The molecule has 1 aromatic heterocycles. The molecular formula is C7H10N2OS. The van der Waals surface area contributed by atoms with Gasteiger partial charge in [0, 0.05) is 23.9 Å². The van der Waals surface area contributed by atoms with E-state index in [1.807, 2.05) is 7.05 Å². The fourth-order valence-electron chi connectivity index (χ4n) is 0.725. The lowest BCUT2D eigenvalue weighted by Gasteiger charge is -1.94. The Hall–Kier alpha value is -0.740. The van der Waals surface area contributed by atoms with Crippen molar-refractivity contribution in [1.29, 1.82) is 0 Å². The molecule has 0 aromatic carbocycles. The Morgan fingerprint density at radius 2 is 2.64 bits per heavy atom. The summed E-state index contributed by atoms with van der Waals surface area (Å²) in [5, 5.41) is 4.70. The summed E-state index contributed by atoms with van der Waals surface area (Å²) in [4.78, 5) is 11.2. The van der Waals surface area contributed by atoms with Crippen molar-refractivity contribution in [2.75, 3.05) is 13.6 Å². The van der Waals surface area contributed by atoms with Gasteiger partial charge in [0.15, 0.2) is 5.78 Å². The number of rotatable bonds is 4. The number of hydrogen-bond acceptors (Lipinski definition) is 4. The van der Waals surface area contributed by atoms with Crippen molar-refractivity contribution in [2.24, 2.45) is 0 Å². The van der Waals surface area contributed by atoms with Crippen LogP contribution in [0.1, 0.15) is 16.8 Å². The fraction of sp³-hybridized carbons (Fsp3) is 0.429. The van der Waals surface area contributed by atoms with E-state index in [9.17, 15) is 4.79 Å². The second-order valence-electron chi connectivity index (χ2n) is 2.19. The number of carbonyl (C=O) groups is 1. The van der Waals surface area contributed by atoms with Crippen LogP contribution >= 0.6 is 11.5 Å². The molecule has 0 aliphatic rings. The minimum Gasteiger partial charge on any atom is -0.319 e. The largest absolute Gasteiger partial charge is 0.319 e. The van der Waals surface area contributed by atoms with Crippen LogP contribution < -0.4 is 5.32 Å². The molecule has 0 saturated heterocycles. The number of carbonyl (C=O) groups excluding carboxylic acids is 1. The van der Waals surface area contributed by atoms with Gasteiger partial charge in [-0.05, 0) is 18.6 Å². The van der Waals surface area contributed by atoms with Gasteiger partial charge in [-0.2, -0.15) is 0 Å². The Labute approximate surface area is 69.6 Å². The molecule has 3 nitrogen and oxygen atoms in total. The SMILES string of the molecule is CNCCC(=O)c1cnsc1. The van der Waals surface area contributed by atoms with Crippen LogP contribution in [0.25, 0.3) is 0 Å². The minimum atomic E-state index is 0.160. The van der Waals surface area contributed by atoms with Gasteiger partial charge < -0.3 is 5.32 Å². The van der Waals surface area contributed by atoms with Gasteiger partial charge in [0.25, 0.3) is 0 Å². The second kappa shape index (κ2) is 4.20. The summed E-state index contributed by atoms with van der Waals surface area (Å²) in [6, 6.07) is 0. The quantitative estimate of drug-likeness (QED) is 0.684. The normalized spacial score (nSPS) is 9.91. The highest BCUT2D eigenvalue weighted by atomic mass is 32.1. The highest BCUT2D eigenvalue weighted by Crippen LogP contribution is 2.04. The predicted molar refractivity (Wildman–Crippen MR) is 45.0 cm³/mol. The molecule has 0 spiro atoms. The van der Waals surface area contributed by atoms with Crippen molar-refractivity contribution in [3.8, 4) is 0 Å². The topological polar surface area (TPSA) is 42.0 Å². The zero-order valence-electron chi connectivity index (χ0n) is 6.33. The van der Waals surface area contributed by atoms with Gasteiger partial charge in [0.2, 0.25) is 0 Å². The molecule has 1 N–H and O–H groups in total. The smallest absolute Gasteiger partial charge is 0.166 e. The molecular weight excluding hydrogens is 160 g/mol. The summed E-state index contributed by atoms with van der Waals surface area (Å²) >= 11 is 1.31. The van der Waals surface area contributed by atoms with Gasteiger partial charge in [-0.15, -0.1) is 0 Å². The highest BCUT2D eigenvalue weighted by Gasteiger charge is 2.04. The third-order valence-corrected chi connectivity index (χ3v) is 1.94. The van der Waals surface area contributed by atoms with Gasteiger partial charge in [-0.1, -0.05) is 0 Å². The summed E-state index contributed by atoms with van der Waals surface area (Å²) in [6.45, 7) is 0.731. The van der Waals surface area contributed by atoms with Gasteiger partial charge in [-0.3, -0.25) is 4.79 Å². The van der Waals surface area contributed by atoms with E-state index in [1.54, 1.807) is 11.6 Å². The van der Waals surface area contributed by atoms with Gasteiger partial charge in [-0.25, -0.2) is 4.37 Å². The summed E-state index contributed by atoms with van der Waals surface area (Å²) in [6.07, 6.45) is 2.16. The maximum Gasteiger partial charge on any atom is 0.166 e. The van der Waals surface area contributed by atoms with Crippen molar-refractivity contribution in [3.63, 3.8) is 0 Å². The first-order valence-corrected chi connectivity index (χ1v) is 4.25. The molecule has 60 valence electrons. The molecule has 0 amide bonds. The van der Waals surface area contributed by atoms with Crippen molar-refractivity contribution in [2.45, 2.75) is 6.42 Å². The molecule has 0 radical (unpaired) electrons. The molecule has 11 heavy (non-hydrogen) atoms. The molecule has 1 aromatic rings. The lowest BCUT2D eigenvalue weighted by atomic mass is 10.2. The van der Waals surface area contributed by atoms with Crippen LogP contribution in [0.5, 0.6) is 0 Å². The van der Waals surface area contributed by atoms with Crippen LogP contribution in [0.3, 0.4) is 0 Å². The summed E-state index contributed by atoms with van der Waals surface area (Å²) in [5.74, 6) is 0.160. The number of hydrogen-bond donors (Lipinski definition) is 1. The van der Waals surface area contributed by atoms with Gasteiger partial charge >= 0.3 is 0 Å². The number of nitrogens with one attached hydrogen (secondary N) is 1.